The summed E-state index contributed by atoms with van der Waals surface area (Å²) < 4.78 is 22.3. The molecule has 8 heteroatoms. The Bertz CT molecular complexity index is 674. The van der Waals surface area contributed by atoms with E-state index in [4.69, 9.17) is 18.9 Å². The maximum atomic E-state index is 13.4. The third kappa shape index (κ3) is 7.80. The minimum atomic E-state index is -0.470. The number of piperidine rings is 1. The molecule has 0 bridgehead atoms. The van der Waals surface area contributed by atoms with Crippen LogP contribution in [0.25, 0.3) is 0 Å². The van der Waals surface area contributed by atoms with Gasteiger partial charge in [-0.15, -0.1) is 0 Å². The first-order chi connectivity index (χ1) is 16.6. The van der Waals surface area contributed by atoms with E-state index in [1.54, 1.807) is 21.3 Å². The van der Waals surface area contributed by atoms with Gasteiger partial charge in [-0.3, -0.25) is 4.79 Å². The zero-order valence-electron chi connectivity index (χ0n) is 22.7. The van der Waals surface area contributed by atoms with E-state index in [2.05, 4.69) is 10.2 Å². The molecule has 2 aliphatic carbocycles. The van der Waals surface area contributed by atoms with Crippen molar-refractivity contribution in [3.05, 3.63) is 0 Å². The molecule has 2 saturated carbocycles. The minimum absolute atomic E-state index is 0.0779. The summed E-state index contributed by atoms with van der Waals surface area (Å²) in [5.74, 6) is 2.01. The van der Waals surface area contributed by atoms with E-state index in [0.29, 0.717) is 37.1 Å². The highest BCUT2D eigenvalue weighted by atomic mass is 16.6. The largest absolute Gasteiger partial charge is 0.444 e. The Morgan fingerprint density at radius 3 is 2.03 bits per heavy atom. The summed E-state index contributed by atoms with van der Waals surface area (Å²) >= 11 is 0. The van der Waals surface area contributed by atoms with Crippen molar-refractivity contribution in [1.29, 1.82) is 0 Å². The zero-order valence-corrected chi connectivity index (χ0v) is 22.7. The van der Waals surface area contributed by atoms with E-state index in [1.165, 1.54) is 12.8 Å². The van der Waals surface area contributed by atoms with Gasteiger partial charge in [-0.2, -0.15) is 0 Å². The smallest absolute Gasteiger partial charge is 0.407 e. The Morgan fingerprint density at radius 1 is 0.857 bits per heavy atom. The van der Waals surface area contributed by atoms with Crippen LogP contribution in [0.4, 0.5) is 4.79 Å². The topological polar surface area (TPSA) is 86.3 Å². The fourth-order valence-electron chi connectivity index (χ4n) is 6.47. The van der Waals surface area contributed by atoms with Gasteiger partial charge in [0.05, 0.1) is 12.2 Å². The summed E-state index contributed by atoms with van der Waals surface area (Å²) in [4.78, 5) is 27.5. The molecule has 1 N–H and O–H groups in total. The van der Waals surface area contributed by atoms with Gasteiger partial charge in [0, 0.05) is 46.9 Å². The van der Waals surface area contributed by atoms with Crippen LogP contribution in [-0.2, 0) is 23.7 Å². The molecular weight excluding hydrogens is 448 g/mol. The van der Waals surface area contributed by atoms with Crippen LogP contribution in [0.3, 0.4) is 0 Å². The molecule has 2 amide bonds. The average Bonchev–Trinajstić information content (AvgIpc) is 2.85. The maximum Gasteiger partial charge on any atom is 0.407 e. The van der Waals surface area contributed by atoms with Crippen LogP contribution in [0.15, 0.2) is 0 Å². The van der Waals surface area contributed by atoms with Crippen molar-refractivity contribution in [1.82, 2.24) is 10.2 Å². The van der Waals surface area contributed by atoms with Crippen LogP contribution < -0.4 is 5.32 Å². The molecule has 3 rings (SSSR count). The quantitative estimate of drug-likeness (QED) is 0.573. The Labute approximate surface area is 211 Å². The molecule has 1 saturated heterocycles. The van der Waals surface area contributed by atoms with E-state index >= 15 is 0 Å². The highest BCUT2D eigenvalue weighted by Gasteiger charge is 2.43. The number of ether oxygens (including phenoxy) is 4. The number of rotatable bonds is 7. The normalized spacial score (nSPS) is 32.8. The minimum Gasteiger partial charge on any atom is -0.444 e. The third-order valence-electron chi connectivity index (χ3n) is 8.27. The van der Waals surface area contributed by atoms with Crippen molar-refractivity contribution in [2.45, 2.75) is 96.1 Å². The molecule has 0 spiro atoms. The van der Waals surface area contributed by atoms with E-state index < -0.39 is 5.60 Å². The highest BCUT2D eigenvalue weighted by Crippen LogP contribution is 2.39. The van der Waals surface area contributed by atoms with Gasteiger partial charge in [-0.25, -0.2) is 4.79 Å². The van der Waals surface area contributed by atoms with Crippen LogP contribution in [0.5, 0.6) is 0 Å². The zero-order chi connectivity index (χ0) is 25.6. The van der Waals surface area contributed by atoms with Crippen LogP contribution in [0, 0.1) is 23.7 Å². The van der Waals surface area contributed by atoms with Crippen molar-refractivity contribution in [2.75, 3.05) is 41.0 Å². The summed E-state index contributed by atoms with van der Waals surface area (Å²) in [6.45, 7) is 8.01. The van der Waals surface area contributed by atoms with Crippen molar-refractivity contribution in [3.8, 4) is 0 Å². The fourth-order valence-corrected chi connectivity index (χ4v) is 6.47. The molecular formula is C27H48N2O6. The number of likely N-dealkylation sites (tertiary alicyclic amines) is 1. The number of carbonyl (C=O) groups excluding carboxylic acids is 2. The van der Waals surface area contributed by atoms with Gasteiger partial charge in [0.2, 0.25) is 5.91 Å². The number of hydrogen-bond donors (Lipinski definition) is 1. The van der Waals surface area contributed by atoms with Gasteiger partial charge in [0.1, 0.15) is 11.7 Å². The highest BCUT2D eigenvalue weighted by molar-refractivity contribution is 5.79. The molecule has 8 nitrogen and oxygen atoms in total. The number of hydrogen-bond acceptors (Lipinski definition) is 6. The molecule has 3 fully saturated rings. The second kappa shape index (κ2) is 12.7. The Kier molecular flexibility index (Phi) is 10.3. The Hall–Kier alpha value is -1.38. The third-order valence-corrected chi connectivity index (χ3v) is 8.27. The number of carbonyl (C=O) groups is 2. The van der Waals surface area contributed by atoms with E-state index in [0.717, 1.165) is 38.8 Å². The SMILES string of the molecule is COC1CC(C(=O)N2CCC(C3CCCC(CNC(=O)OC(C)(C)C)C3)CC2)CC(OC)C1OC. The lowest BCUT2D eigenvalue weighted by atomic mass is 9.72. The molecule has 1 heterocycles. The molecule has 35 heavy (non-hydrogen) atoms. The molecule has 202 valence electrons. The summed E-state index contributed by atoms with van der Waals surface area (Å²) in [5, 5.41) is 2.97. The van der Waals surface area contributed by atoms with E-state index in [9.17, 15) is 9.59 Å². The van der Waals surface area contributed by atoms with Crippen LogP contribution in [0.1, 0.15) is 72.1 Å². The monoisotopic (exact) mass is 496 g/mol. The van der Waals surface area contributed by atoms with E-state index in [-0.39, 0.29) is 36.2 Å². The van der Waals surface area contributed by atoms with Gasteiger partial charge < -0.3 is 29.2 Å². The average molecular weight is 497 g/mol. The van der Waals surface area contributed by atoms with Gasteiger partial charge in [-0.1, -0.05) is 12.8 Å². The summed E-state index contributed by atoms with van der Waals surface area (Å²) in [5.41, 5.74) is -0.470. The van der Waals surface area contributed by atoms with E-state index in [1.807, 2.05) is 20.8 Å². The molecule has 0 aromatic heterocycles. The van der Waals surface area contributed by atoms with Crippen LogP contribution >= 0.6 is 0 Å². The predicted octanol–water partition coefficient (Wildman–Crippen LogP) is 4.01. The van der Waals surface area contributed by atoms with Gasteiger partial charge in [0.15, 0.2) is 0 Å². The van der Waals surface area contributed by atoms with Gasteiger partial charge >= 0.3 is 6.09 Å². The Morgan fingerprint density at radius 2 is 1.49 bits per heavy atom. The lowest BCUT2D eigenvalue weighted by molar-refractivity contribution is -0.160. The maximum absolute atomic E-state index is 13.4. The summed E-state index contributed by atoms with van der Waals surface area (Å²) in [7, 11) is 5.05. The second-order valence-electron chi connectivity index (χ2n) is 11.8. The van der Waals surface area contributed by atoms with Crippen molar-refractivity contribution < 1.29 is 28.5 Å². The number of amides is 2. The summed E-state index contributed by atoms with van der Waals surface area (Å²) in [6.07, 6.45) is 7.58. The standard InChI is InChI=1S/C27H48N2O6/c1-27(2,3)35-26(31)28-17-18-8-7-9-20(14-18)19-10-12-29(13-11-19)25(30)21-15-22(32-4)24(34-6)23(16-21)33-5/h18-24H,7-17H2,1-6H3,(H,28,31). The number of alkyl carbamates (subject to hydrolysis) is 1. The number of nitrogens with zero attached hydrogens (tertiary/aromatic N) is 1. The summed E-state index contributed by atoms with van der Waals surface area (Å²) in [6, 6.07) is 0. The first kappa shape index (κ1) is 28.2. The van der Waals surface area contributed by atoms with Crippen molar-refractivity contribution in [2.24, 2.45) is 23.7 Å². The van der Waals surface area contributed by atoms with Crippen LogP contribution in [0.2, 0.25) is 0 Å². The molecule has 4 unspecified atom stereocenters. The molecule has 0 aromatic rings. The number of methoxy groups -OCH3 is 3. The molecule has 1 aliphatic heterocycles. The van der Waals surface area contributed by atoms with Crippen LogP contribution in [-0.4, -0.2) is 81.8 Å². The first-order valence-corrected chi connectivity index (χ1v) is 13.5. The second-order valence-corrected chi connectivity index (χ2v) is 11.8. The molecule has 3 aliphatic rings. The van der Waals surface area contributed by atoms with Gasteiger partial charge in [0.25, 0.3) is 0 Å². The molecule has 0 radical (unpaired) electrons. The fraction of sp³-hybridized carbons (Fsp3) is 0.926. The van der Waals surface area contributed by atoms with Gasteiger partial charge in [-0.05, 0) is 77.0 Å². The first-order valence-electron chi connectivity index (χ1n) is 13.5. The van der Waals surface area contributed by atoms with Crippen molar-refractivity contribution >= 4 is 12.0 Å². The lowest BCUT2D eigenvalue weighted by Crippen LogP contribution is -2.52. The predicted molar refractivity (Wildman–Crippen MR) is 134 cm³/mol. The lowest BCUT2D eigenvalue weighted by Gasteiger charge is -2.43. The molecule has 0 aromatic carbocycles. The Balaban J connectivity index is 1.46. The molecule has 4 atom stereocenters. The van der Waals surface area contributed by atoms with Crippen molar-refractivity contribution in [3.63, 3.8) is 0 Å². The number of nitrogens with one attached hydrogen (secondary N) is 1.